The lowest BCUT2D eigenvalue weighted by Gasteiger charge is -2.45. The summed E-state index contributed by atoms with van der Waals surface area (Å²) in [4.78, 5) is 5.23. The topological polar surface area (TPSA) is 11.4 Å². The Morgan fingerprint density at radius 3 is 1.06 bits per heavy atom. The third-order valence-corrected chi connectivity index (χ3v) is 29.9. The van der Waals surface area contributed by atoms with E-state index in [1.54, 1.807) is 0 Å². The minimum Gasteiger partial charge on any atom is -0.311 e. The molecule has 0 saturated carbocycles. The molecule has 2 aliphatic rings. The van der Waals surface area contributed by atoms with E-state index in [9.17, 15) is 0 Å². The van der Waals surface area contributed by atoms with Gasteiger partial charge in [-0.15, -0.1) is 0 Å². The Labute approximate surface area is 563 Å². The number of rotatable bonds is 13. The molecule has 1 aromatic heterocycles. The molecular weight excluding hydrogens is 1190 g/mol. The fourth-order valence-corrected chi connectivity index (χ4v) is 26.0. The van der Waals surface area contributed by atoms with Crippen molar-refractivity contribution in [1.29, 1.82) is 0 Å². The predicted molar refractivity (Wildman–Crippen MR) is 413 cm³/mol. The summed E-state index contributed by atoms with van der Waals surface area (Å²) in [7, 11) is -6.48. The van der Waals surface area contributed by atoms with Crippen LogP contribution < -0.4 is 67.7 Å². The van der Waals surface area contributed by atoms with E-state index in [2.05, 4.69) is 403 Å². The van der Waals surface area contributed by atoms with Crippen LogP contribution in [0.3, 0.4) is 0 Å². The molecule has 0 saturated heterocycles. The molecule has 0 bridgehead atoms. The second-order valence-electron chi connectivity index (χ2n) is 25.4. The number of aromatic nitrogens is 1. The summed E-state index contributed by atoms with van der Waals surface area (Å²) >= 11 is 0. The second kappa shape index (κ2) is 23.6. The highest BCUT2D eigenvalue weighted by Gasteiger charge is 2.48. The van der Waals surface area contributed by atoms with Crippen LogP contribution in [0.4, 0.5) is 34.1 Å². The number of nitrogens with zero attached hydrogens (tertiary/aromatic N) is 3. The maximum Gasteiger partial charge on any atom is 0.252 e. The molecule has 3 nitrogen and oxygen atoms in total. The fraction of sp³-hybridized carbons (Fsp3) is 0. The molecule has 15 aromatic carbocycles. The van der Waals surface area contributed by atoms with Crippen molar-refractivity contribution in [3.63, 3.8) is 0 Å². The highest BCUT2D eigenvalue weighted by atomic mass is 28.3. The van der Waals surface area contributed by atoms with E-state index in [1.807, 2.05) is 0 Å². The molecule has 0 aliphatic carbocycles. The first-order valence-electron chi connectivity index (χ1n) is 33.3. The molecule has 450 valence electrons. The highest BCUT2D eigenvalue weighted by Crippen LogP contribution is 2.46. The molecule has 0 N–H and O–H groups in total. The third-order valence-electron chi connectivity index (χ3n) is 20.4. The third kappa shape index (κ3) is 9.09. The summed E-state index contributed by atoms with van der Waals surface area (Å²) in [6.07, 6.45) is 0. The molecule has 2 aliphatic heterocycles. The Bertz CT molecular complexity index is 5420. The minimum atomic E-state index is -3.26. The van der Waals surface area contributed by atoms with E-state index in [1.165, 1.54) is 96.6 Å². The van der Waals surface area contributed by atoms with E-state index >= 15 is 0 Å². The molecule has 0 radical (unpaired) electrons. The predicted octanol–water partition coefficient (Wildman–Crippen LogP) is 15.0. The zero-order valence-electron chi connectivity index (χ0n) is 52.9. The Morgan fingerprint density at radius 2 is 0.562 bits per heavy atom. The number of hydrogen-bond donors (Lipinski definition) is 0. The van der Waals surface area contributed by atoms with Gasteiger partial charge in [-0.3, -0.25) is 0 Å². The standard InChI is InChI=1S/C90H64BN3Si2/c1-8-31-65(32-9-1)67-35-28-48-76(59-67)95(72-40-14-4-15-41-72,73-42-16-5-17-43-73)78-50-30-39-70(61-78)93-87-64-79(96(74-44-18-6-19-45-74,75-46-20-7-21-47-75)77-49-29-36-68(60-77)66-33-10-2-11-34-66)57-58-83(87)91-82-53-24-27-56-86(82)92(69-37-12-3-13-38-69)88-62-71(63-89(93)90(88)91)94-84-54-25-22-51-80(84)81-52-23-26-55-85(81)94/h1-64H. The van der Waals surface area contributed by atoms with Gasteiger partial charge in [0.25, 0.3) is 6.71 Å². The molecular formula is C90H64BN3Si2. The molecule has 0 fully saturated rings. The van der Waals surface area contributed by atoms with Crippen LogP contribution in [0.1, 0.15) is 0 Å². The largest absolute Gasteiger partial charge is 0.311 e. The molecule has 96 heavy (non-hydrogen) atoms. The lowest BCUT2D eigenvalue weighted by atomic mass is 9.33. The van der Waals surface area contributed by atoms with Crippen LogP contribution in [0.2, 0.25) is 0 Å². The van der Waals surface area contributed by atoms with Crippen molar-refractivity contribution >= 4 is 137 Å². The average Bonchev–Trinajstić information content (AvgIpc) is 0.790. The molecule has 16 aromatic rings. The molecule has 18 rings (SSSR count). The van der Waals surface area contributed by atoms with Crippen molar-refractivity contribution < 1.29 is 0 Å². The van der Waals surface area contributed by atoms with Gasteiger partial charge in [-0.25, -0.2) is 0 Å². The second-order valence-corrected chi connectivity index (χ2v) is 33.1. The van der Waals surface area contributed by atoms with Crippen LogP contribution in [0.15, 0.2) is 388 Å². The van der Waals surface area contributed by atoms with Crippen LogP contribution in [-0.2, 0) is 0 Å². The van der Waals surface area contributed by atoms with Gasteiger partial charge in [-0.2, -0.15) is 0 Å². The Balaban J connectivity index is 0.984. The van der Waals surface area contributed by atoms with Gasteiger partial charge < -0.3 is 14.4 Å². The van der Waals surface area contributed by atoms with Gasteiger partial charge >= 0.3 is 0 Å². The van der Waals surface area contributed by atoms with Crippen molar-refractivity contribution in [3.8, 4) is 27.9 Å². The number of hydrogen-bond acceptors (Lipinski definition) is 2. The summed E-state index contributed by atoms with van der Waals surface area (Å²) < 4.78 is 2.52. The number of para-hydroxylation sites is 4. The minimum absolute atomic E-state index is 0.143. The monoisotopic (exact) mass is 1250 g/mol. The van der Waals surface area contributed by atoms with E-state index in [4.69, 9.17) is 0 Å². The maximum atomic E-state index is 2.69. The number of benzene rings is 15. The highest BCUT2D eigenvalue weighted by molar-refractivity contribution is 7.20. The van der Waals surface area contributed by atoms with E-state index in [0.29, 0.717) is 0 Å². The Morgan fingerprint density at radius 1 is 0.208 bits per heavy atom. The summed E-state index contributed by atoms with van der Waals surface area (Å²) in [6, 6.07) is 147. The van der Waals surface area contributed by atoms with Crippen molar-refractivity contribution in [2.45, 2.75) is 0 Å². The van der Waals surface area contributed by atoms with Gasteiger partial charge in [-0.05, 0) is 141 Å². The fourth-order valence-electron chi connectivity index (χ4n) is 16.4. The SMILES string of the molecule is c1ccc(-c2cccc([Si](c3ccccc3)(c3ccccc3)c3cccc(N4c5cc([Si](c6ccccc6)(c6ccccc6)c6cccc(-c7ccccc7)c6)ccc5B5c6ccccc6N(c6ccccc6)c6cc(-n7c8ccccc8c8ccccc87)cc4c65)c3)c2)cc1. The maximum absolute atomic E-state index is 3.26. The molecule has 0 amide bonds. The van der Waals surface area contributed by atoms with Crippen molar-refractivity contribution in [2.75, 3.05) is 9.80 Å². The van der Waals surface area contributed by atoms with Gasteiger partial charge in [0.15, 0.2) is 16.1 Å². The molecule has 3 heterocycles. The number of anilines is 6. The van der Waals surface area contributed by atoms with Crippen molar-refractivity contribution in [2.24, 2.45) is 0 Å². The lowest BCUT2D eigenvalue weighted by Crippen LogP contribution is -2.75. The van der Waals surface area contributed by atoms with Crippen molar-refractivity contribution in [3.05, 3.63) is 388 Å². The summed E-state index contributed by atoms with van der Waals surface area (Å²) in [5.41, 5.74) is 18.8. The Hall–Kier alpha value is -11.8. The van der Waals surface area contributed by atoms with Gasteiger partial charge in [0.2, 0.25) is 0 Å². The molecule has 6 heteroatoms. The van der Waals surface area contributed by atoms with Crippen molar-refractivity contribution in [1.82, 2.24) is 4.57 Å². The van der Waals surface area contributed by atoms with Crippen LogP contribution in [0.5, 0.6) is 0 Å². The molecule has 0 unspecified atom stereocenters. The van der Waals surface area contributed by atoms with Crippen LogP contribution in [0, 0.1) is 0 Å². The van der Waals surface area contributed by atoms with E-state index in [-0.39, 0.29) is 6.71 Å². The Kier molecular flexibility index (Phi) is 14.0. The van der Waals surface area contributed by atoms with E-state index in [0.717, 1.165) is 45.2 Å². The van der Waals surface area contributed by atoms with Crippen LogP contribution in [-0.4, -0.2) is 27.4 Å². The van der Waals surface area contributed by atoms with E-state index < -0.39 is 16.1 Å². The van der Waals surface area contributed by atoms with Gasteiger partial charge in [-0.1, -0.05) is 328 Å². The van der Waals surface area contributed by atoms with Gasteiger partial charge in [0.1, 0.15) is 0 Å². The first kappa shape index (κ1) is 56.9. The summed E-state index contributed by atoms with van der Waals surface area (Å²) in [5.74, 6) is 0. The lowest BCUT2D eigenvalue weighted by molar-refractivity contribution is 1.16. The molecule has 0 atom stereocenters. The first-order valence-corrected chi connectivity index (χ1v) is 37.3. The first-order chi connectivity index (χ1) is 47.6. The van der Waals surface area contributed by atoms with Gasteiger partial charge in [0.05, 0.1) is 16.7 Å². The van der Waals surface area contributed by atoms with Crippen LogP contribution in [0.25, 0.3) is 49.7 Å². The number of fused-ring (bicyclic) bond motifs is 7. The average molecular weight is 1250 g/mol. The summed E-state index contributed by atoms with van der Waals surface area (Å²) in [5, 5.41) is 13.0. The van der Waals surface area contributed by atoms with Gasteiger partial charge in [0, 0.05) is 44.9 Å². The normalized spacial score (nSPS) is 12.5. The summed E-state index contributed by atoms with van der Waals surface area (Å²) in [6.45, 7) is -0.143. The smallest absolute Gasteiger partial charge is 0.252 e. The zero-order chi connectivity index (χ0) is 63.6. The molecule has 0 spiro atoms. The zero-order valence-corrected chi connectivity index (χ0v) is 54.9. The van der Waals surface area contributed by atoms with Crippen LogP contribution >= 0.6 is 0 Å². The quantitative estimate of drug-likeness (QED) is 0.0842.